The topological polar surface area (TPSA) is 90.9 Å². The second kappa shape index (κ2) is 7.20. The molecule has 0 bridgehead atoms. The summed E-state index contributed by atoms with van der Waals surface area (Å²) in [5.41, 5.74) is 1.30. The van der Waals surface area contributed by atoms with E-state index in [0.29, 0.717) is 40.4 Å². The number of rotatable bonds is 6. The summed E-state index contributed by atoms with van der Waals surface area (Å²) in [5.74, 6) is 1.68. The predicted octanol–water partition coefficient (Wildman–Crippen LogP) is 2.44. The molecule has 25 heavy (non-hydrogen) atoms. The van der Waals surface area contributed by atoms with Gasteiger partial charge in [0.05, 0.1) is 24.3 Å². The van der Waals surface area contributed by atoms with Crippen LogP contribution in [0.25, 0.3) is 22.9 Å². The number of pyridine rings is 1. The minimum Gasteiger partial charge on any atom is -0.481 e. The fourth-order valence-electron chi connectivity index (χ4n) is 2.52. The second-order valence-electron chi connectivity index (χ2n) is 5.70. The first-order valence-electron chi connectivity index (χ1n) is 7.83. The lowest BCUT2D eigenvalue weighted by Gasteiger charge is -2.08. The zero-order chi connectivity index (χ0) is 18.0. The zero-order valence-corrected chi connectivity index (χ0v) is 15.0. The van der Waals surface area contributed by atoms with Gasteiger partial charge in [-0.2, -0.15) is 5.10 Å². The lowest BCUT2D eigenvalue weighted by atomic mass is 10.2. The van der Waals surface area contributed by atoms with Crippen molar-refractivity contribution in [2.45, 2.75) is 26.4 Å². The fraction of sp³-hybridized carbons (Fsp3) is 0.375. The summed E-state index contributed by atoms with van der Waals surface area (Å²) in [7, 11) is 1.53. The number of methoxy groups -OCH3 is 1. The van der Waals surface area contributed by atoms with Crippen molar-refractivity contribution in [1.82, 2.24) is 29.3 Å². The first kappa shape index (κ1) is 17.4. The van der Waals surface area contributed by atoms with Crippen molar-refractivity contribution in [3.63, 3.8) is 0 Å². The molecule has 8 nitrogen and oxygen atoms in total. The Hall–Kier alpha value is -2.45. The van der Waals surface area contributed by atoms with E-state index >= 15 is 0 Å². The van der Waals surface area contributed by atoms with Crippen LogP contribution in [-0.4, -0.2) is 48.1 Å². The number of ether oxygens (including phenoxy) is 1. The molecule has 0 aliphatic heterocycles. The third kappa shape index (κ3) is 3.35. The largest absolute Gasteiger partial charge is 0.481 e. The van der Waals surface area contributed by atoms with Gasteiger partial charge < -0.3 is 14.4 Å². The van der Waals surface area contributed by atoms with Crippen molar-refractivity contribution in [2.24, 2.45) is 0 Å². The highest BCUT2D eigenvalue weighted by Crippen LogP contribution is 2.31. The van der Waals surface area contributed by atoms with Crippen LogP contribution in [0.3, 0.4) is 0 Å². The van der Waals surface area contributed by atoms with Crippen molar-refractivity contribution in [3.05, 3.63) is 29.8 Å². The summed E-state index contributed by atoms with van der Waals surface area (Å²) in [6.45, 7) is 4.39. The van der Waals surface area contributed by atoms with Crippen LogP contribution in [0, 0.1) is 0 Å². The molecule has 0 radical (unpaired) electrons. The molecule has 0 fully saturated rings. The highest BCUT2D eigenvalue weighted by atomic mass is 35.5. The van der Waals surface area contributed by atoms with Gasteiger partial charge in [-0.25, -0.2) is 19.6 Å². The number of imidazole rings is 1. The Balaban J connectivity index is 2.11. The molecular weight excluding hydrogens is 344 g/mol. The molecule has 3 heterocycles. The molecule has 0 saturated heterocycles. The summed E-state index contributed by atoms with van der Waals surface area (Å²) < 4.78 is 8.70. The molecule has 0 spiro atoms. The van der Waals surface area contributed by atoms with E-state index in [9.17, 15) is 5.11 Å². The monoisotopic (exact) mass is 362 g/mol. The van der Waals surface area contributed by atoms with Gasteiger partial charge in [-0.3, -0.25) is 0 Å². The van der Waals surface area contributed by atoms with Crippen molar-refractivity contribution in [2.75, 3.05) is 13.7 Å². The Bertz CT molecular complexity index is 873. The minimum absolute atomic E-state index is 0.0269. The van der Waals surface area contributed by atoms with Gasteiger partial charge in [0.1, 0.15) is 17.8 Å². The van der Waals surface area contributed by atoms with Gasteiger partial charge in [-0.15, -0.1) is 0 Å². The predicted molar refractivity (Wildman–Crippen MR) is 93.5 cm³/mol. The highest BCUT2D eigenvalue weighted by molar-refractivity contribution is 6.33. The summed E-state index contributed by atoms with van der Waals surface area (Å²) in [6, 6.07) is 1.78. The van der Waals surface area contributed by atoms with Crippen LogP contribution >= 0.6 is 11.6 Å². The quantitative estimate of drug-likeness (QED) is 0.724. The van der Waals surface area contributed by atoms with Crippen LogP contribution in [-0.2, 0) is 6.54 Å². The Morgan fingerprint density at radius 2 is 2.08 bits per heavy atom. The molecule has 1 N–H and O–H groups in total. The van der Waals surface area contributed by atoms with Crippen molar-refractivity contribution in [3.8, 4) is 28.8 Å². The van der Waals surface area contributed by atoms with Gasteiger partial charge in [0.2, 0.25) is 5.88 Å². The summed E-state index contributed by atoms with van der Waals surface area (Å²) in [5, 5.41) is 14.1. The van der Waals surface area contributed by atoms with Crippen molar-refractivity contribution in [1.29, 1.82) is 0 Å². The van der Waals surface area contributed by atoms with Gasteiger partial charge in [-0.1, -0.05) is 11.6 Å². The summed E-state index contributed by atoms with van der Waals surface area (Å²) in [4.78, 5) is 13.2. The lowest BCUT2D eigenvalue weighted by molar-refractivity contribution is 0.276. The molecule has 0 aromatic carbocycles. The third-order valence-corrected chi connectivity index (χ3v) is 4.00. The van der Waals surface area contributed by atoms with Crippen LogP contribution in [0.15, 0.2) is 24.8 Å². The number of halogens is 1. The molecule has 0 aliphatic rings. The van der Waals surface area contributed by atoms with Crippen LogP contribution in [0.2, 0.25) is 5.02 Å². The molecule has 9 heteroatoms. The molecule has 3 aromatic heterocycles. The SMILES string of the molecule is COc1cc(Cl)c(-c2nc(-c3ncnn3C(C)C)cn2CCO)cn1. The molecule has 0 unspecified atom stereocenters. The molecular formula is C16H19ClN6O2. The maximum absolute atomic E-state index is 9.37. The average Bonchev–Trinajstić information content (AvgIpc) is 3.22. The van der Waals surface area contributed by atoms with Gasteiger partial charge >= 0.3 is 0 Å². The summed E-state index contributed by atoms with van der Waals surface area (Å²) in [6.07, 6.45) is 4.94. The number of hydrogen-bond donors (Lipinski definition) is 1. The maximum Gasteiger partial charge on any atom is 0.214 e. The molecule has 0 atom stereocenters. The Morgan fingerprint density at radius 3 is 2.72 bits per heavy atom. The van der Waals surface area contributed by atoms with Crippen LogP contribution in [0.4, 0.5) is 0 Å². The van der Waals surface area contributed by atoms with Gasteiger partial charge in [0.25, 0.3) is 0 Å². The van der Waals surface area contributed by atoms with Gasteiger partial charge in [-0.05, 0) is 13.8 Å². The van der Waals surface area contributed by atoms with E-state index in [1.807, 2.05) is 24.6 Å². The smallest absolute Gasteiger partial charge is 0.214 e. The molecule has 0 saturated carbocycles. The second-order valence-corrected chi connectivity index (χ2v) is 6.10. The van der Waals surface area contributed by atoms with E-state index in [2.05, 4.69) is 20.1 Å². The van der Waals surface area contributed by atoms with Gasteiger partial charge in [0.15, 0.2) is 5.82 Å². The standard InChI is InChI=1S/C16H19ClN6O2/c1-10(2)23-16(19-9-20-23)13-8-22(4-5-24)15(21-13)11-7-18-14(25-3)6-12(11)17/h6-10,24H,4-5H2,1-3H3. The van der Waals surface area contributed by atoms with E-state index in [4.69, 9.17) is 16.3 Å². The number of hydrogen-bond acceptors (Lipinski definition) is 6. The molecule has 3 rings (SSSR count). The fourth-order valence-corrected chi connectivity index (χ4v) is 2.74. The van der Waals surface area contributed by atoms with Crippen LogP contribution in [0.5, 0.6) is 5.88 Å². The summed E-state index contributed by atoms with van der Waals surface area (Å²) >= 11 is 6.36. The van der Waals surface area contributed by atoms with Gasteiger partial charge in [0, 0.05) is 31.0 Å². The van der Waals surface area contributed by atoms with E-state index in [-0.39, 0.29) is 12.6 Å². The minimum atomic E-state index is -0.0269. The Morgan fingerprint density at radius 1 is 1.28 bits per heavy atom. The van der Waals surface area contributed by atoms with Crippen molar-refractivity contribution >= 4 is 11.6 Å². The molecule has 0 amide bonds. The first-order valence-corrected chi connectivity index (χ1v) is 8.20. The lowest BCUT2D eigenvalue weighted by Crippen LogP contribution is -2.05. The first-order chi connectivity index (χ1) is 12.0. The van der Waals surface area contributed by atoms with E-state index in [1.165, 1.54) is 13.4 Å². The number of nitrogens with zero attached hydrogens (tertiary/aromatic N) is 6. The number of aromatic nitrogens is 6. The maximum atomic E-state index is 9.37. The highest BCUT2D eigenvalue weighted by Gasteiger charge is 2.19. The molecule has 0 aliphatic carbocycles. The number of aliphatic hydroxyl groups is 1. The molecule has 132 valence electrons. The number of aliphatic hydroxyl groups excluding tert-OH is 1. The van der Waals surface area contributed by atoms with E-state index in [1.54, 1.807) is 16.9 Å². The normalized spacial score (nSPS) is 11.3. The third-order valence-electron chi connectivity index (χ3n) is 3.69. The van der Waals surface area contributed by atoms with Crippen molar-refractivity contribution < 1.29 is 9.84 Å². The van der Waals surface area contributed by atoms with E-state index in [0.717, 1.165) is 0 Å². The van der Waals surface area contributed by atoms with Crippen LogP contribution < -0.4 is 4.74 Å². The zero-order valence-electron chi connectivity index (χ0n) is 14.2. The Kier molecular flexibility index (Phi) is 5.00. The Labute approximate surface area is 150 Å². The van der Waals surface area contributed by atoms with Crippen LogP contribution in [0.1, 0.15) is 19.9 Å². The molecule has 3 aromatic rings. The average molecular weight is 363 g/mol. The van der Waals surface area contributed by atoms with E-state index < -0.39 is 0 Å².